The Hall–Kier alpha value is -2.34. The molecule has 0 spiro atoms. The predicted octanol–water partition coefficient (Wildman–Crippen LogP) is 3.56. The molecular formula is C14H10ClF2NO3. The van der Waals surface area contributed by atoms with Crippen LogP contribution < -0.4 is 4.74 Å². The molecule has 2 N–H and O–H groups in total. The lowest BCUT2D eigenvalue weighted by Gasteiger charge is -2.11. The van der Waals surface area contributed by atoms with E-state index in [9.17, 15) is 13.9 Å². The molecule has 0 aliphatic heterocycles. The lowest BCUT2D eigenvalue weighted by Crippen LogP contribution is -2.07. The smallest absolute Gasteiger partial charge is 0.147 e. The second-order valence-corrected chi connectivity index (χ2v) is 4.43. The molecule has 2 rings (SSSR count). The minimum Gasteiger partial charge on any atom is -0.506 e. The third kappa shape index (κ3) is 2.75. The maximum atomic E-state index is 13.8. The summed E-state index contributed by atoms with van der Waals surface area (Å²) in [6.07, 6.45) is 0. The lowest BCUT2D eigenvalue weighted by atomic mass is 10.0. The van der Waals surface area contributed by atoms with Gasteiger partial charge in [0.2, 0.25) is 0 Å². The molecule has 4 nitrogen and oxygen atoms in total. The van der Waals surface area contributed by atoms with Crippen molar-refractivity contribution in [3.63, 3.8) is 0 Å². The topological polar surface area (TPSA) is 62.0 Å². The van der Waals surface area contributed by atoms with E-state index in [2.05, 4.69) is 5.16 Å². The number of hydrogen-bond acceptors (Lipinski definition) is 4. The van der Waals surface area contributed by atoms with Crippen molar-refractivity contribution in [3.8, 4) is 11.5 Å². The summed E-state index contributed by atoms with van der Waals surface area (Å²) in [7, 11) is 1.35. The highest BCUT2D eigenvalue weighted by atomic mass is 35.5. The van der Waals surface area contributed by atoms with Crippen molar-refractivity contribution in [2.75, 3.05) is 7.11 Å². The molecule has 2 aromatic rings. The van der Waals surface area contributed by atoms with Crippen LogP contribution in [0.2, 0.25) is 5.02 Å². The van der Waals surface area contributed by atoms with Crippen molar-refractivity contribution in [3.05, 3.63) is 58.1 Å². The fourth-order valence-corrected chi connectivity index (χ4v) is 2.07. The summed E-state index contributed by atoms with van der Waals surface area (Å²) in [6, 6.07) is 5.38. The fraction of sp³-hybridized carbons (Fsp3) is 0.0714. The van der Waals surface area contributed by atoms with E-state index in [0.29, 0.717) is 0 Å². The van der Waals surface area contributed by atoms with Crippen molar-refractivity contribution in [1.82, 2.24) is 0 Å². The molecule has 0 radical (unpaired) electrons. The van der Waals surface area contributed by atoms with Crippen LogP contribution in [0.15, 0.2) is 35.5 Å². The molecule has 0 heterocycles. The number of phenols is 1. The minimum absolute atomic E-state index is 0.0622. The van der Waals surface area contributed by atoms with Crippen molar-refractivity contribution < 1.29 is 23.8 Å². The summed E-state index contributed by atoms with van der Waals surface area (Å²) < 4.78 is 31.9. The SMILES string of the molecule is COc1ccc(/C(=N\O)c2cc(F)ccc2F)c(O)c1Cl. The van der Waals surface area contributed by atoms with E-state index in [1.54, 1.807) is 0 Å². The summed E-state index contributed by atoms with van der Waals surface area (Å²) >= 11 is 5.88. The molecule has 0 unspecified atom stereocenters. The van der Waals surface area contributed by atoms with E-state index < -0.39 is 17.4 Å². The zero-order valence-electron chi connectivity index (χ0n) is 10.8. The average Bonchev–Trinajstić information content (AvgIpc) is 2.48. The Morgan fingerprint density at radius 2 is 1.90 bits per heavy atom. The highest BCUT2D eigenvalue weighted by Gasteiger charge is 2.20. The van der Waals surface area contributed by atoms with Gasteiger partial charge in [-0.1, -0.05) is 16.8 Å². The Kier molecular flexibility index (Phi) is 4.28. The lowest BCUT2D eigenvalue weighted by molar-refractivity contribution is 0.319. The Labute approximate surface area is 123 Å². The van der Waals surface area contributed by atoms with Crippen LogP contribution in [-0.4, -0.2) is 23.1 Å². The Morgan fingerprint density at radius 1 is 1.19 bits per heavy atom. The van der Waals surface area contributed by atoms with Crippen molar-refractivity contribution in [1.29, 1.82) is 0 Å². The Bertz CT molecular complexity index is 720. The monoisotopic (exact) mass is 313 g/mol. The molecule has 0 saturated carbocycles. The summed E-state index contributed by atoms with van der Waals surface area (Å²) in [6.45, 7) is 0. The van der Waals surface area contributed by atoms with Crippen LogP contribution in [-0.2, 0) is 0 Å². The van der Waals surface area contributed by atoms with Gasteiger partial charge in [-0.15, -0.1) is 0 Å². The average molecular weight is 314 g/mol. The molecule has 2 aromatic carbocycles. The molecule has 7 heteroatoms. The van der Waals surface area contributed by atoms with Gasteiger partial charge in [0.25, 0.3) is 0 Å². The van der Waals surface area contributed by atoms with Gasteiger partial charge in [0, 0.05) is 11.1 Å². The van der Waals surface area contributed by atoms with Crippen LogP contribution in [0.25, 0.3) is 0 Å². The molecule has 0 aliphatic carbocycles. The van der Waals surface area contributed by atoms with Crippen molar-refractivity contribution in [2.45, 2.75) is 0 Å². The standard InChI is InChI=1S/C14H10ClF2NO3/c1-21-11-5-3-8(14(19)12(11)15)13(18-20)9-6-7(16)2-4-10(9)17/h2-6,19-20H,1H3/b18-13+. The molecule has 0 fully saturated rings. The van der Waals surface area contributed by atoms with Crippen LogP contribution in [0.4, 0.5) is 8.78 Å². The zero-order chi connectivity index (χ0) is 15.6. The highest BCUT2D eigenvalue weighted by molar-refractivity contribution is 6.34. The van der Waals surface area contributed by atoms with Crippen molar-refractivity contribution >= 4 is 17.3 Å². The molecule has 0 atom stereocenters. The second kappa shape index (κ2) is 5.97. The number of hydrogen-bond donors (Lipinski definition) is 2. The number of methoxy groups -OCH3 is 1. The summed E-state index contributed by atoms with van der Waals surface area (Å²) in [4.78, 5) is 0. The number of nitrogens with zero attached hydrogens (tertiary/aromatic N) is 1. The van der Waals surface area contributed by atoms with Crippen LogP contribution in [0.1, 0.15) is 11.1 Å². The largest absolute Gasteiger partial charge is 0.506 e. The van der Waals surface area contributed by atoms with E-state index in [0.717, 1.165) is 18.2 Å². The zero-order valence-corrected chi connectivity index (χ0v) is 11.5. The quantitative estimate of drug-likeness (QED) is 0.517. The van der Waals surface area contributed by atoms with Gasteiger partial charge in [-0.3, -0.25) is 0 Å². The first-order valence-electron chi connectivity index (χ1n) is 5.73. The summed E-state index contributed by atoms with van der Waals surface area (Å²) in [5.41, 5.74) is -0.726. The van der Waals surface area contributed by atoms with Gasteiger partial charge in [-0.2, -0.15) is 0 Å². The van der Waals surface area contributed by atoms with Gasteiger partial charge in [-0.25, -0.2) is 8.78 Å². The molecule has 0 bridgehead atoms. The third-order valence-electron chi connectivity index (χ3n) is 2.84. The second-order valence-electron chi connectivity index (χ2n) is 4.05. The van der Waals surface area contributed by atoms with E-state index in [-0.39, 0.29) is 27.6 Å². The Balaban J connectivity index is 2.63. The van der Waals surface area contributed by atoms with Crippen LogP contribution in [0.3, 0.4) is 0 Å². The van der Waals surface area contributed by atoms with Gasteiger partial charge < -0.3 is 15.1 Å². The van der Waals surface area contributed by atoms with E-state index >= 15 is 0 Å². The van der Waals surface area contributed by atoms with Gasteiger partial charge in [0.05, 0.1) is 7.11 Å². The van der Waals surface area contributed by atoms with Crippen LogP contribution in [0, 0.1) is 11.6 Å². The number of rotatable bonds is 3. The molecule has 0 saturated heterocycles. The number of phenolic OH excluding ortho intramolecular Hbond substituents is 1. The number of oxime groups is 1. The molecule has 110 valence electrons. The van der Waals surface area contributed by atoms with Crippen LogP contribution >= 0.6 is 11.6 Å². The first kappa shape index (κ1) is 15.1. The van der Waals surface area contributed by atoms with Gasteiger partial charge >= 0.3 is 0 Å². The fourth-order valence-electron chi connectivity index (χ4n) is 1.83. The number of benzene rings is 2. The number of aromatic hydroxyl groups is 1. The van der Waals surface area contributed by atoms with Gasteiger partial charge in [-0.05, 0) is 30.3 Å². The molecule has 21 heavy (non-hydrogen) atoms. The predicted molar refractivity (Wildman–Crippen MR) is 73.5 cm³/mol. The minimum atomic E-state index is -0.810. The van der Waals surface area contributed by atoms with Crippen molar-refractivity contribution in [2.24, 2.45) is 5.16 Å². The van der Waals surface area contributed by atoms with E-state index in [4.69, 9.17) is 21.5 Å². The molecule has 0 amide bonds. The van der Waals surface area contributed by atoms with E-state index in [1.165, 1.54) is 19.2 Å². The first-order chi connectivity index (χ1) is 9.99. The van der Waals surface area contributed by atoms with Gasteiger partial charge in [0.15, 0.2) is 0 Å². The Morgan fingerprint density at radius 3 is 2.52 bits per heavy atom. The summed E-state index contributed by atoms with van der Waals surface area (Å²) in [5.74, 6) is -1.80. The molecular weight excluding hydrogens is 304 g/mol. The normalized spacial score (nSPS) is 11.5. The third-order valence-corrected chi connectivity index (χ3v) is 3.20. The summed E-state index contributed by atoms with van der Waals surface area (Å²) in [5, 5.41) is 21.9. The molecule has 0 aliphatic rings. The molecule has 0 aromatic heterocycles. The highest BCUT2D eigenvalue weighted by Crippen LogP contribution is 2.37. The van der Waals surface area contributed by atoms with Crippen LogP contribution in [0.5, 0.6) is 11.5 Å². The maximum Gasteiger partial charge on any atom is 0.147 e. The van der Waals surface area contributed by atoms with E-state index in [1.807, 2.05) is 0 Å². The number of ether oxygens (including phenoxy) is 1. The maximum absolute atomic E-state index is 13.8. The number of halogens is 3. The first-order valence-corrected chi connectivity index (χ1v) is 6.10. The van der Waals surface area contributed by atoms with Gasteiger partial charge in [0.1, 0.15) is 33.9 Å².